The van der Waals surface area contributed by atoms with Gasteiger partial charge in [0.05, 0.1) is 0 Å². The summed E-state index contributed by atoms with van der Waals surface area (Å²) in [5.41, 5.74) is 0. The van der Waals surface area contributed by atoms with Gasteiger partial charge in [0.2, 0.25) is 0 Å². The number of nitriles is 1. The molecule has 62 valence electrons. The van der Waals surface area contributed by atoms with E-state index in [2.05, 4.69) is 13.8 Å². The van der Waals surface area contributed by atoms with Crippen LogP contribution in [0, 0.1) is 29.3 Å². The van der Waals surface area contributed by atoms with Gasteiger partial charge in [0, 0.05) is 0 Å². The van der Waals surface area contributed by atoms with E-state index in [4.69, 9.17) is 10.00 Å². The average Bonchev–Trinajstić information content (AvgIpc) is 2.26. The summed E-state index contributed by atoms with van der Waals surface area (Å²) < 4.78 is 4.74. The maximum atomic E-state index is 8.21. The Morgan fingerprint density at radius 3 is 2.64 bits per heavy atom. The molecule has 0 aromatic carbocycles. The van der Waals surface area contributed by atoms with E-state index < -0.39 is 0 Å². The maximum absolute atomic E-state index is 8.21. The molecule has 1 rings (SSSR count). The van der Waals surface area contributed by atoms with Crippen LogP contribution < -0.4 is 0 Å². The summed E-state index contributed by atoms with van der Waals surface area (Å²) >= 11 is 0. The van der Waals surface area contributed by atoms with Gasteiger partial charge >= 0.3 is 0 Å². The molecule has 0 N–H and O–H groups in total. The van der Waals surface area contributed by atoms with Gasteiger partial charge in [0.1, 0.15) is 6.61 Å². The largest absolute Gasteiger partial charge is 0.427 e. The second-order valence-corrected chi connectivity index (χ2v) is 3.72. The minimum absolute atomic E-state index is 0.615. The lowest BCUT2D eigenvalue weighted by Gasteiger charge is -2.11. The molecule has 1 aliphatic carbocycles. The molecule has 3 atom stereocenters. The normalized spacial score (nSPS) is 36.6. The molecule has 0 saturated heterocycles. The van der Waals surface area contributed by atoms with E-state index in [1.165, 1.54) is 12.8 Å². The number of nitrogens with zero attached hydrogens (tertiary/aromatic N) is 1. The maximum Gasteiger partial charge on any atom is 0.286 e. The Morgan fingerprint density at radius 2 is 2.18 bits per heavy atom. The molecule has 1 fully saturated rings. The zero-order valence-electron chi connectivity index (χ0n) is 7.21. The third-order valence-corrected chi connectivity index (χ3v) is 2.65. The molecule has 2 heteroatoms. The molecule has 0 heterocycles. The first-order valence-electron chi connectivity index (χ1n) is 4.25. The monoisotopic (exact) mass is 153 g/mol. The highest BCUT2D eigenvalue weighted by molar-refractivity contribution is 4.79. The Labute approximate surface area is 68.2 Å². The van der Waals surface area contributed by atoms with Crippen LogP contribution in [0.3, 0.4) is 0 Å². The Hall–Kier alpha value is -0.710. The van der Waals surface area contributed by atoms with Crippen LogP contribution in [-0.4, -0.2) is 6.61 Å². The van der Waals surface area contributed by atoms with Crippen molar-refractivity contribution < 1.29 is 4.74 Å². The van der Waals surface area contributed by atoms with E-state index in [0.717, 1.165) is 11.8 Å². The van der Waals surface area contributed by atoms with Crippen molar-refractivity contribution in [2.45, 2.75) is 26.7 Å². The van der Waals surface area contributed by atoms with Crippen molar-refractivity contribution in [3.8, 4) is 6.26 Å². The van der Waals surface area contributed by atoms with Gasteiger partial charge in [-0.05, 0) is 30.6 Å². The first kappa shape index (κ1) is 8.39. The molecule has 3 unspecified atom stereocenters. The van der Waals surface area contributed by atoms with Gasteiger partial charge in [0.25, 0.3) is 6.26 Å². The van der Waals surface area contributed by atoms with Crippen LogP contribution >= 0.6 is 0 Å². The van der Waals surface area contributed by atoms with Crippen molar-refractivity contribution in [3.63, 3.8) is 0 Å². The van der Waals surface area contributed by atoms with Gasteiger partial charge in [-0.15, -0.1) is 0 Å². The predicted molar refractivity (Wildman–Crippen MR) is 42.6 cm³/mol. The predicted octanol–water partition coefficient (Wildman–Crippen LogP) is 2.17. The molecule has 2 nitrogen and oxygen atoms in total. The highest BCUT2D eigenvalue weighted by Crippen LogP contribution is 2.35. The van der Waals surface area contributed by atoms with Crippen molar-refractivity contribution in [2.24, 2.45) is 17.8 Å². The van der Waals surface area contributed by atoms with E-state index in [0.29, 0.717) is 12.5 Å². The third-order valence-electron chi connectivity index (χ3n) is 2.65. The lowest BCUT2D eigenvalue weighted by atomic mass is 10.00. The fraction of sp³-hybridized carbons (Fsp3) is 0.889. The highest BCUT2D eigenvalue weighted by Gasteiger charge is 2.28. The van der Waals surface area contributed by atoms with E-state index in [-0.39, 0.29) is 0 Å². The van der Waals surface area contributed by atoms with E-state index in [9.17, 15) is 0 Å². The molecular formula is C9H15NO. The Kier molecular flexibility index (Phi) is 2.76. The average molecular weight is 153 g/mol. The number of hydrogen-bond acceptors (Lipinski definition) is 2. The van der Waals surface area contributed by atoms with Crippen molar-refractivity contribution in [3.05, 3.63) is 0 Å². The van der Waals surface area contributed by atoms with E-state index in [1.807, 2.05) is 0 Å². The van der Waals surface area contributed by atoms with Crippen LogP contribution in [0.15, 0.2) is 0 Å². The van der Waals surface area contributed by atoms with Crippen molar-refractivity contribution >= 4 is 0 Å². The van der Waals surface area contributed by atoms with Crippen LogP contribution in [0.1, 0.15) is 26.7 Å². The molecule has 0 radical (unpaired) electrons. The van der Waals surface area contributed by atoms with Gasteiger partial charge in [0.15, 0.2) is 0 Å². The fourth-order valence-corrected chi connectivity index (χ4v) is 2.05. The fourth-order valence-electron chi connectivity index (χ4n) is 2.05. The quantitative estimate of drug-likeness (QED) is 0.569. The first-order chi connectivity index (χ1) is 5.24. The van der Waals surface area contributed by atoms with Crippen LogP contribution in [0.4, 0.5) is 0 Å². The minimum atomic E-state index is 0.615. The van der Waals surface area contributed by atoms with Gasteiger partial charge in [-0.1, -0.05) is 13.8 Å². The van der Waals surface area contributed by atoms with Crippen LogP contribution in [0.5, 0.6) is 0 Å². The number of hydrogen-bond donors (Lipinski definition) is 0. The number of rotatable bonds is 2. The molecule has 1 aliphatic rings. The number of ether oxygens (including phenoxy) is 1. The molecule has 0 aromatic rings. The summed E-state index contributed by atoms with van der Waals surface area (Å²) in [6, 6.07) is 0. The van der Waals surface area contributed by atoms with Crippen molar-refractivity contribution in [1.82, 2.24) is 0 Å². The Bertz CT molecular complexity index is 161. The summed E-state index contributed by atoms with van der Waals surface area (Å²) in [6.45, 7) is 5.14. The minimum Gasteiger partial charge on any atom is -0.427 e. The van der Waals surface area contributed by atoms with Crippen molar-refractivity contribution in [1.29, 1.82) is 5.26 Å². The van der Waals surface area contributed by atoms with Crippen LogP contribution in [0.25, 0.3) is 0 Å². The molecule has 0 spiro atoms. The lowest BCUT2D eigenvalue weighted by Crippen LogP contribution is -2.10. The highest BCUT2D eigenvalue weighted by atomic mass is 16.5. The lowest BCUT2D eigenvalue weighted by molar-refractivity contribution is 0.187. The van der Waals surface area contributed by atoms with E-state index in [1.54, 1.807) is 6.26 Å². The summed E-state index contributed by atoms with van der Waals surface area (Å²) in [5, 5.41) is 8.21. The Morgan fingerprint density at radius 1 is 1.45 bits per heavy atom. The van der Waals surface area contributed by atoms with E-state index >= 15 is 0 Å². The van der Waals surface area contributed by atoms with Gasteiger partial charge in [-0.25, -0.2) is 0 Å². The zero-order valence-corrected chi connectivity index (χ0v) is 7.21. The molecule has 0 aromatic heterocycles. The SMILES string of the molecule is CC1CC(C)C(COC#N)C1. The summed E-state index contributed by atoms with van der Waals surface area (Å²) in [5.74, 6) is 2.17. The topological polar surface area (TPSA) is 33.0 Å². The molecule has 11 heavy (non-hydrogen) atoms. The van der Waals surface area contributed by atoms with Gasteiger partial charge < -0.3 is 4.74 Å². The molecule has 0 amide bonds. The van der Waals surface area contributed by atoms with Crippen molar-refractivity contribution in [2.75, 3.05) is 6.61 Å². The van der Waals surface area contributed by atoms with Gasteiger partial charge in [-0.2, -0.15) is 5.26 Å². The van der Waals surface area contributed by atoms with Crippen LogP contribution in [0.2, 0.25) is 0 Å². The summed E-state index contributed by atoms with van der Waals surface area (Å²) in [6.07, 6.45) is 4.25. The zero-order chi connectivity index (χ0) is 8.27. The molecule has 0 aliphatic heterocycles. The summed E-state index contributed by atoms with van der Waals surface area (Å²) in [7, 11) is 0. The summed E-state index contributed by atoms with van der Waals surface area (Å²) in [4.78, 5) is 0. The first-order valence-corrected chi connectivity index (χ1v) is 4.25. The Balaban J connectivity index is 2.30. The molecular weight excluding hydrogens is 138 g/mol. The molecule has 0 bridgehead atoms. The second-order valence-electron chi connectivity index (χ2n) is 3.72. The van der Waals surface area contributed by atoms with Crippen LogP contribution in [-0.2, 0) is 4.74 Å². The smallest absolute Gasteiger partial charge is 0.286 e. The second kappa shape index (κ2) is 3.61. The standard InChI is InChI=1S/C9H15NO/c1-7-3-8(2)9(4-7)5-11-6-10/h7-9H,3-5H2,1-2H3. The third kappa shape index (κ3) is 2.11. The molecule has 1 saturated carbocycles. The van der Waals surface area contributed by atoms with Gasteiger partial charge in [-0.3, -0.25) is 0 Å².